The molecule has 3 unspecified atom stereocenters. The Morgan fingerprint density at radius 1 is 0.975 bits per heavy atom. The van der Waals surface area contributed by atoms with Crippen LogP contribution in [0.25, 0.3) is 12.2 Å². The maximum Gasteiger partial charge on any atom is 0.190 e. The number of phenolic OH excluding ortho intramolecular Hbond substituents is 1. The van der Waals surface area contributed by atoms with Crippen LogP contribution in [-0.2, 0) is 25.6 Å². The number of hydrogen-bond donors (Lipinski definition) is 2. The third kappa shape index (κ3) is 3.63. The summed E-state index contributed by atoms with van der Waals surface area (Å²) in [6, 6.07) is 12.7. The lowest BCUT2D eigenvalue weighted by Crippen LogP contribution is -2.76. The molecule has 40 heavy (non-hydrogen) atoms. The van der Waals surface area contributed by atoms with Crippen molar-refractivity contribution in [2.75, 3.05) is 0 Å². The number of carbonyl (C=O) groups excluding carboxylic acids is 5. The minimum atomic E-state index is -2.69. The van der Waals surface area contributed by atoms with Crippen LogP contribution >= 0.6 is 0 Å². The standard InChI is InChI=1S/C33H34O7/c1-17(2)25-27(36)23(18(3)34)29(38)33(40)30(39)26-28(37)24-21(15-31(26,4)16-32(25,33)5)20(13-14-22(24)35)12-11-19-9-7-6-8-10-19/h6-14,17,23,25-26,35,40H,15-16H2,1-5H3/b12-11+/t23?,25?,26?,31-,32-,33+/m1/s1. The van der Waals surface area contributed by atoms with Crippen LogP contribution in [0.4, 0.5) is 0 Å². The van der Waals surface area contributed by atoms with Crippen LogP contribution < -0.4 is 0 Å². The summed E-state index contributed by atoms with van der Waals surface area (Å²) >= 11 is 0. The second-order valence-electron chi connectivity index (χ2n) is 12.6. The van der Waals surface area contributed by atoms with Gasteiger partial charge in [0.25, 0.3) is 0 Å². The third-order valence-corrected chi connectivity index (χ3v) is 9.55. The molecule has 0 bridgehead atoms. The zero-order valence-corrected chi connectivity index (χ0v) is 23.4. The van der Waals surface area contributed by atoms with Gasteiger partial charge in [-0.3, -0.25) is 24.0 Å². The normalized spacial score (nSPS) is 33.6. The van der Waals surface area contributed by atoms with Gasteiger partial charge in [-0.2, -0.15) is 0 Å². The van der Waals surface area contributed by atoms with Crippen molar-refractivity contribution in [3.8, 4) is 5.75 Å². The zero-order chi connectivity index (χ0) is 29.4. The second-order valence-corrected chi connectivity index (χ2v) is 12.6. The Labute approximate surface area is 233 Å². The van der Waals surface area contributed by atoms with E-state index in [0.29, 0.717) is 11.1 Å². The van der Waals surface area contributed by atoms with Crippen LogP contribution in [0.1, 0.15) is 68.1 Å². The van der Waals surface area contributed by atoms with E-state index in [9.17, 15) is 34.2 Å². The first-order chi connectivity index (χ1) is 18.7. The van der Waals surface area contributed by atoms with Crippen molar-refractivity contribution in [1.82, 2.24) is 0 Å². The molecule has 0 aromatic heterocycles. The molecule has 2 aromatic rings. The molecule has 3 aliphatic rings. The summed E-state index contributed by atoms with van der Waals surface area (Å²) in [4.78, 5) is 68.1. The topological polar surface area (TPSA) is 126 Å². The van der Waals surface area contributed by atoms with Gasteiger partial charge in [0, 0.05) is 11.3 Å². The average Bonchev–Trinajstić information content (AvgIpc) is 2.86. The maximum absolute atomic E-state index is 14.3. The van der Waals surface area contributed by atoms with Gasteiger partial charge in [0.15, 0.2) is 28.7 Å². The third-order valence-electron chi connectivity index (χ3n) is 9.55. The highest BCUT2D eigenvalue weighted by Gasteiger charge is 2.76. The van der Waals surface area contributed by atoms with E-state index in [1.54, 1.807) is 33.8 Å². The highest BCUT2D eigenvalue weighted by Crippen LogP contribution is 2.63. The Morgan fingerprint density at radius 3 is 2.23 bits per heavy atom. The van der Waals surface area contributed by atoms with Crippen molar-refractivity contribution < 1.29 is 34.2 Å². The summed E-state index contributed by atoms with van der Waals surface area (Å²) in [7, 11) is 0. The van der Waals surface area contributed by atoms with Crippen molar-refractivity contribution >= 4 is 41.1 Å². The van der Waals surface area contributed by atoms with Crippen molar-refractivity contribution in [3.05, 3.63) is 64.7 Å². The van der Waals surface area contributed by atoms with Gasteiger partial charge in [-0.05, 0) is 53.9 Å². The highest BCUT2D eigenvalue weighted by molar-refractivity contribution is 6.32. The number of aliphatic hydroxyl groups is 1. The fourth-order valence-corrected chi connectivity index (χ4v) is 8.07. The number of hydrogen-bond acceptors (Lipinski definition) is 7. The van der Waals surface area contributed by atoms with E-state index in [1.165, 1.54) is 6.07 Å². The molecular formula is C33H34O7. The summed E-state index contributed by atoms with van der Waals surface area (Å²) < 4.78 is 0. The average molecular weight is 543 g/mol. The number of fused-ring (bicyclic) bond motifs is 3. The lowest BCUT2D eigenvalue weighted by atomic mass is 9.40. The molecule has 2 saturated carbocycles. The molecule has 2 fully saturated rings. The van der Waals surface area contributed by atoms with Gasteiger partial charge in [-0.25, -0.2) is 0 Å². The summed E-state index contributed by atoms with van der Waals surface area (Å²) in [6.07, 6.45) is 3.99. The van der Waals surface area contributed by atoms with Gasteiger partial charge < -0.3 is 10.2 Å². The lowest BCUT2D eigenvalue weighted by molar-refractivity contribution is -0.205. The van der Waals surface area contributed by atoms with Gasteiger partial charge in [-0.1, -0.05) is 76.2 Å². The molecule has 208 valence electrons. The van der Waals surface area contributed by atoms with Crippen LogP contribution in [0.5, 0.6) is 5.75 Å². The van der Waals surface area contributed by atoms with E-state index in [0.717, 1.165) is 12.5 Å². The minimum Gasteiger partial charge on any atom is -0.507 e. The number of rotatable bonds is 4. The molecule has 2 N–H and O–H groups in total. The molecule has 0 heterocycles. The van der Waals surface area contributed by atoms with Gasteiger partial charge >= 0.3 is 0 Å². The van der Waals surface area contributed by atoms with Gasteiger partial charge in [0.2, 0.25) is 0 Å². The smallest absolute Gasteiger partial charge is 0.190 e. The van der Waals surface area contributed by atoms with Crippen LogP contribution in [0.3, 0.4) is 0 Å². The van der Waals surface area contributed by atoms with E-state index < -0.39 is 63.1 Å². The van der Waals surface area contributed by atoms with Crippen LogP contribution in [0.15, 0.2) is 42.5 Å². The zero-order valence-electron chi connectivity index (χ0n) is 23.4. The summed E-state index contributed by atoms with van der Waals surface area (Å²) in [5.41, 5.74) is -3.05. The summed E-state index contributed by atoms with van der Waals surface area (Å²) in [5, 5.41) is 22.9. The Balaban J connectivity index is 1.69. The maximum atomic E-state index is 14.3. The minimum absolute atomic E-state index is 0.00102. The fraction of sp³-hybridized carbons (Fsp3) is 0.424. The van der Waals surface area contributed by atoms with Crippen LogP contribution in [0.2, 0.25) is 0 Å². The quantitative estimate of drug-likeness (QED) is 0.437. The van der Waals surface area contributed by atoms with Crippen LogP contribution in [0, 0.1) is 34.5 Å². The first-order valence-electron chi connectivity index (χ1n) is 13.7. The molecule has 3 aliphatic carbocycles. The predicted molar refractivity (Wildman–Crippen MR) is 148 cm³/mol. The van der Waals surface area contributed by atoms with Gasteiger partial charge in [0.1, 0.15) is 17.5 Å². The molecule has 2 aromatic carbocycles. The predicted octanol–water partition coefficient (Wildman–Crippen LogP) is 4.26. The van der Waals surface area contributed by atoms with E-state index in [1.807, 2.05) is 42.5 Å². The molecular weight excluding hydrogens is 508 g/mol. The molecule has 0 aliphatic heterocycles. The van der Waals surface area contributed by atoms with E-state index >= 15 is 0 Å². The Morgan fingerprint density at radius 2 is 1.62 bits per heavy atom. The first kappa shape index (κ1) is 27.8. The molecule has 0 saturated heterocycles. The Bertz CT molecular complexity index is 1500. The van der Waals surface area contributed by atoms with Crippen molar-refractivity contribution in [3.63, 3.8) is 0 Å². The lowest BCUT2D eigenvalue weighted by Gasteiger charge is -2.61. The number of benzene rings is 2. The molecule has 5 rings (SSSR count). The number of carbonyl (C=O) groups is 5. The Kier molecular flexibility index (Phi) is 6.38. The summed E-state index contributed by atoms with van der Waals surface area (Å²) in [6.45, 7) is 7.99. The number of phenols is 1. The molecule has 0 spiro atoms. The molecule has 7 nitrogen and oxygen atoms in total. The summed E-state index contributed by atoms with van der Waals surface area (Å²) in [5.74, 6) is -8.90. The van der Waals surface area contributed by atoms with E-state index in [4.69, 9.17) is 0 Å². The van der Waals surface area contributed by atoms with E-state index in [2.05, 4.69) is 0 Å². The largest absolute Gasteiger partial charge is 0.507 e. The molecule has 0 amide bonds. The van der Waals surface area contributed by atoms with Crippen molar-refractivity contribution in [2.45, 2.75) is 53.1 Å². The number of aromatic hydroxyl groups is 1. The highest BCUT2D eigenvalue weighted by atomic mass is 16.3. The molecule has 0 radical (unpaired) electrons. The van der Waals surface area contributed by atoms with Gasteiger partial charge in [0.05, 0.1) is 11.5 Å². The van der Waals surface area contributed by atoms with E-state index in [-0.39, 0.29) is 30.1 Å². The van der Waals surface area contributed by atoms with Crippen molar-refractivity contribution in [2.24, 2.45) is 34.5 Å². The van der Waals surface area contributed by atoms with Gasteiger partial charge in [-0.15, -0.1) is 0 Å². The van der Waals surface area contributed by atoms with Crippen LogP contribution in [-0.4, -0.2) is 44.7 Å². The van der Waals surface area contributed by atoms with Crippen molar-refractivity contribution in [1.29, 1.82) is 0 Å². The molecule has 6 atom stereocenters. The second kappa shape index (κ2) is 9.16. The number of Topliss-reactive ketones (excluding diaryl/α,β-unsaturated/α-hetero) is 5. The molecule has 7 heteroatoms. The fourth-order valence-electron chi connectivity index (χ4n) is 8.07. The Hall–Kier alpha value is -3.71. The monoisotopic (exact) mass is 542 g/mol. The first-order valence-corrected chi connectivity index (χ1v) is 13.7. The SMILES string of the molecule is CC(=O)C1C(=O)C(C(C)C)[C@@]2(C)C[C@@]3(C)Cc4c(/C=C/c5ccccc5)ccc(O)c4C(=O)C3C(=O)[C@@]2(O)C1=O. The number of ketones is 5.